The van der Waals surface area contributed by atoms with Crippen LogP contribution < -0.4 is 4.74 Å². The lowest BCUT2D eigenvalue weighted by Crippen LogP contribution is -2.17. The lowest BCUT2D eigenvalue weighted by Gasteiger charge is -2.09. The van der Waals surface area contributed by atoms with Crippen molar-refractivity contribution in [3.63, 3.8) is 0 Å². The van der Waals surface area contributed by atoms with Gasteiger partial charge < -0.3 is 13.9 Å². The monoisotopic (exact) mass is 364 g/mol. The fourth-order valence-electron chi connectivity index (χ4n) is 2.01. The summed E-state index contributed by atoms with van der Waals surface area (Å²) in [5, 5.41) is 7.63. The molecule has 3 rings (SSSR count). The summed E-state index contributed by atoms with van der Waals surface area (Å²) in [5.74, 6) is -0.805. The largest absolute Gasteiger partial charge is 0.573 e. The van der Waals surface area contributed by atoms with E-state index in [1.807, 2.05) is 18.2 Å². The fraction of sp³-hybridized carbons (Fsp3) is 0.118. The maximum absolute atomic E-state index is 12.1. The first-order chi connectivity index (χ1) is 12.4. The van der Waals surface area contributed by atoms with Gasteiger partial charge in [0.2, 0.25) is 5.89 Å². The molecule has 0 saturated heterocycles. The highest BCUT2D eigenvalue weighted by molar-refractivity contribution is 5.89. The SMILES string of the molecule is O=C(OCc1nnc(-c2ccccc2)o1)c1ccc(OC(F)(F)F)cc1. The van der Waals surface area contributed by atoms with Crippen molar-refractivity contribution in [1.82, 2.24) is 10.2 Å². The third kappa shape index (κ3) is 4.59. The maximum atomic E-state index is 12.1. The number of rotatable bonds is 5. The molecule has 9 heteroatoms. The van der Waals surface area contributed by atoms with E-state index >= 15 is 0 Å². The first kappa shape index (κ1) is 17.5. The van der Waals surface area contributed by atoms with Crippen LogP contribution in [0.15, 0.2) is 59.0 Å². The fourth-order valence-corrected chi connectivity index (χ4v) is 2.01. The van der Waals surface area contributed by atoms with Crippen molar-refractivity contribution in [2.75, 3.05) is 0 Å². The van der Waals surface area contributed by atoms with E-state index in [9.17, 15) is 18.0 Å². The van der Waals surface area contributed by atoms with Crippen LogP contribution in [0.5, 0.6) is 5.75 Å². The summed E-state index contributed by atoms with van der Waals surface area (Å²) in [4.78, 5) is 11.9. The van der Waals surface area contributed by atoms with E-state index in [0.717, 1.165) is 29.8 Å². The molecule has 1 heterocycles. The van der Waals surface area contributed by atoms with Gasteiger partial charge in [0.05, 0.1) is 5.56 Å². The molecule has 0 fully saturated rings. The zero-order valence-electron chi connectivity index (χ0n) is 13.1. The standard InChI is InChI=1S/C17H11F3N2O4/c18-17(19,20)26-13-8-6-12(7-9-13)16(23)24-10-14-21-22-15(25-14)11-4-2-1-3-5-11/h1-9H,10H2. The molecule has 0 aliphatic carbocycles. The molecular weight excluding hydrogens is 353 g/mol. The summed E-state index contributed by atoms with van der Waals surface area (Å²) >= 11 is 0. The Bertz CT molecular complexity index is 877. The van der Waals surface area contributed by atoms with Crippen LogP contribution in [-0.2, 0) is 11.3 Å². The molecular formula is C17H11F3N2O4. The molecule has 2 aromatic carbocycles. The Labute approximate surface area is 145 Å². The zero-order chi connectivity index (χ0) is 18.6. The number of carbonyl (C=O) groups excluding carboxylic acids is 1. The molecule has 1 aromatic heterocycles. The molecule has 0 radical (unpaired) electrons. The summed E-state index contributed by atoms with van der Waals surface area (Å²) in [6.07, 6.45) is -4.80. The minimum absolute atomic E-state index is 0.0577. The summed E-state index contributed by atoms with van der Waals surface area (Å²) in [5.41, 5.74) is 0.778. The molecule has 0 aliphatic rings. The first-order valence-corrected chi connectivity index (χ1v) is 7.31. The molecule has 0 N–H and O–H groups in total. The van der Waals surface area contributed by atoms with Crippen LogP contribution in [0.2, 0.25) is 0 Å². The van der Waals surface area contributed by atoms with Gasteiger partial charge in [-0.05, 0) is 36.4 Å². The van der Waals surface area contributed by atoms with E-state index in [4.69, 9.17) is 9.15 Å². The molecule has 0 bridgehead atoms. The third-order valence-corrected chi connectivity index (χ3v) is 3.14. The van der Waals surface area contributed by atoms with Gasteiger partial charge in [-0.25, -0.2) is 4.79 Å². The van der Waals surface area contributed by atoms with Crippen molar-refractivity contribution >= 4 is 5.97 Å². The number of ether oxygens (including phenoxy) is 2. The van der Waals surface area contributed by atoms with Gasteiger partial charge in [-0.15, -0.1) is 23.4 Å². The van der Waals surface area contributed by atoms with Crippen molar-refractivity contribution in [3.8, 4) is 17.2 Å². The molecule has 0 unspecified atom stereocenters. The number of alkyl halides is 3. The summed E-state index contributed by atoms with van der Waals surface area (Å²) in [6, 6.07) is 13.4. The summed E-state index contributed by atoms with van der Waals surface area (Å²) in [7, 11) is 0. The van der Waals surface area contributed by atoms with Gasteiger partial charge in [-0.1, -0.05) is 18.2 Å². The Morgan fingerprint density at radius 1 is 1.00 bits per heavy atom. The van der Waals surface area contributed by atoms with Crippen LogP contribution >= 0.6 is 0 Å². The van der Waals surface area contributed by atoms with Gasteiger partial charge in [0.1, 0.15) is 5.75 Å². The van der Waals surface area contributed by atoms with Gasteiger partial charge >= 0.3 is 12.3 Å². The number of aromatic nitrogens is 2. The second kappa shape index (κ2) is 7.26. The van der Waals surface area contributed by atoms with Crippen molar-refractivity contribution in [3.05, 3.63) is 66.1 Å². The topological polar surface area (TPSA) is 74.5 Å². The highest BCUT2D eigenvalue weighted by Crippen LogP contribution is 2.23. The third-order valence-electron chi connectivity index (χ3n) is 3.14. The number of esters is 1. The minimum Gasteiger partial charge on any atom is -0.452 e. The lowest BCUT2D eigenvalue weighted by atomic mass is 10.2. The Morgan fingerprint density at radius 2 is 1.69 bits per heavy atom. The molecule has 0 atom stereocenters. The van der Waals surface area contributed by atoms with Crippen LogP contribution in [-0.4, -0.2) is 22.5 Å². The van der Waals surface area contributed by atoms with E-state index in [1.54, 1.807) is 12.1 Å². The molecule has 0 saturated carbocycles. The average Bonchev–Trinajstić information content (AvgIpc) is 3.09. The molecule has 26 heavy (non-hydrogen) atoms. The van der Waals surface area contributed by atoms with Crippen molar-refractivity contribution < 1.29 is 31.9 Å². The minimum atomic E-state index is -4.80. The highest BCUT2D eigenvalue weighted by Gasteiger charge is 2.31. The molecule has 0 amide bonds. The number of hydrogen-bond donors (Lipinski definition) is 0. The predicted octanol–water partition coefficient (Wildman–Crippen LogP) is 3.99. The zero-order valence-corrected chi connectivity index (χ0v) is 13.1. The van der Waals surface area contributed by atoms with Gasteiger partial charge in [0, 0.05) is 5.56 Å². The second-order valence-corrected chi connectivity index (χ2v) is 5.02. The van der Waals surface area contributed by atoms with E-state index in [-0.39, 0.29) is 24.0 Å². The summed E-state index contributed by atoms with van der Waals surface area (Å²) < 4.78 is 50.4. The van der Waals surface area contributed by atoms with Crippen LogP contribution in [0.25, 0.3) is 11.5 Å². The van der Waals surface area contributed by atoms with Crippen LogP contribution in [0.3, 0.4) is 0 Å². The van der Waals surface area contributed by atoms with E-state index < -0.39 is 18.1 Å². The van der Waals surface area contributed by atoms with Crippen molar-refractivity contribution in [1.29, 1.82) is 0 Å². The molecule has 0 aliphatic heterocycles. The number of halogens is 3. The number of carbonyl (C=O) groups is 1. The van der Waals surface area contributed by atoms with E-state index in [0.29, 0.717) is 0 Å². The Hall–Kier alpha value is -3.36. The Morgan fingerprint density at radius 3 is 2.35 bits per heavy atom. The predicted molar refractivity (Wildman–Crippen MR) is 82.0 cm³/mol. The van der Waals surface area contributed by atoms with Crippen LogP contribution in [0.4, 0.5) is 13.2 Å². The second-order valence-electron chi connectivity index (χ2n) is 5.02. The Kier molecular flexibility index (Phi) is 4.87. The normalized spacial score (nSPS) is 11.2. The van der Waals surface area contributed by atoms with E-state index in [1.165, 1.54) is 0 Å². The van der Waals surface area contributed by atoms with Crippen LogP contribution in [0.1, 0.15) is 16.2 Å². The summed E-state index contributed by atoms with van der Waals surface area (Å²) in [6.45, 7) is -0.264. The smallest absolute Gasteiger partial charge is 0.452 e. The molecule has 3 aromatic rings. The van der Waals surface area contributed by atoms with Gasteiger partial charge in [0.15, 0.2) is 6.61 Å². The van der Waals surface area contributed by atoms with Crippen LogP contribution in [0, 0.1) is 0 Å². The number of hydrogen-bond acceptors (Lipinski definition) is 6. The molecule has 134 valence electrons. The van der Waals surface area contributed by atoms with Gasteiger partial charge in [-0.3, -0.25) is 0 Å². The lowest BCUT2D eigenvalue weighted by molar-refractivity contribution is -0.274. The molecule has 6 nitrogen and oxygen atoms in total. The first-order valence-electron chi connectivity index (χ1n) is 7.31. The van der Waals surface area contributed by atoms with Crippen molar-refractivity contribution in [2.24, 2.45) is 0 Å². The number of nitrogens with zero attached hydrogens (tertiary/aromatic N) is 2. The van der Waals surface area contributed by atoms with Gasteiger partial charge in [0.25, 0.3) is 5.89 Å². The highest BCUT2D eigenvalue weighted by atomic mass is 19.4. The maximum Gasteiger partial charge on any atom is 0.573 e. The van der Waals surface area contributed by atoms with Crippen molar-refractivity contribution in [2.45, 2.75) is 13.0 Å². The Balaban J connectivity index is 1.58. The number of benzene rings is 2. The quantitative estimate of drug-likeness (QED) is 0.637. The van der Waals surface area contributed by atoms with Gasteiger partial charge in [-0.2, -0.15) is 0 Å². The average molecular weight is 364 g/mol. The molecule has 0 spiro atoms. The van der Waals surface area contributed by atoms with E-state index in [2.05, 4.69) is 14.9 Å².